The van der Waals surface area contributed by atoms with Crippen molar-refractivity contribution in [3.8, 4) is 11.3 Å². The van der Waals surface area contributed by atoms with E-state index in [0.717, 1.165) is 24.8 Å². The summed E-state index contributed by atoms with van der Waals surface area (Å²) in [6.07, 6.45) is 1.20. The van der Waals surface area contributed by atoms with E-state index in [1.54, 1.807) is 12.1 Å². The second kappa shape index (κ2) is 9.33. The van der Waals surface area contributed by atoms with Gasteiger partial charge in [-0.2, -0.15) is 0 Å². The topological polar surface area (TPSA) is 59.7 Å². The van der Waals surface area contributed by atoms with Crippen molar-refractivity contribution in [3.05, 3.63) is 84.1 Å². The van der Waals surface area contributed by atoms with Crippen LogP contribution in [0.4, 0.5) is 0 Å². The van der Waals surface area contributed by atoms with Crippen LogP contribution in [0.15, 0.2) is 77.2 Å². The predicted octanol–water partition coefficient (Wildman–Crippen LogP) is 6.31. The third kappa shape index (κ3) is 4.66. The molecule has 0 unspecified atom stereocenters. The van der Waals surface area contributed by atoms with Crippen LogP contribution >= 0.6 is 0 Å². The molecule has 1 heterocycles. The molecule has 32 heavy (non-hydrogen) atoms. The molecule has 3 aromatic rings. The Bertz CT molecular complexity index is 1020. The smallest absolute Gasteiger partial charge is 0.343 e. The molecule has 1 fully saturated rings. The Morgan fingerprint density at radius 1 is 1.00 bits per heavy atom. The van der Waals surface area contributed by atoms with Gasteiger partial charge in [-0.3, -0.25) is 0 Å². The first-order valence-corrected chi connectivity index (χ1v) is 11.5. The van der Waals surface area contributed by atoms with Crippen LogP contribution in [0.1, 0.15) is 57.5 Å². The standard InChI is InChI=1S/C28H32O4/c1-19-14-15-22(28(2,3)21-12-8-5-9-13-21)25(18-19)32-27(30)26(29)24-17-16-23(31-24)20-10-6-4-7-11-20/h4-13,16-17,19,22,25-26,29H,14-15,18H2,1-3H3/t19-,22-,25-,26+/m1/s1. The number of hydrogen-bond acceptors (Lipinski definition) is 4. The average molecular weight is 433 g/mol. The second-order valence-corrected chi connectivity index (χ2v) is 9.56. The Morgan fingerprint density at radius 2 is 1.66 bits per heavy atom. The maximum Gasteiger partial charge on any atom is 0.343 e. The van der Waals surface area contributed by atoms with E-state index in [0.29, 0.717) is 11.7 Å². The Hall–Kier alpha value is -2.85. The first kappa shape index (κ1) is 22.3. The van der Waals surface area contributed by atoms with Gasteiger partial charge >= 0.3 is 5.97 Å². The molecule has 1 aromatic heterocycles. The minimum absolute atomic E-state index is 0.150. The largest absolute Gasteiger partial charge is 0.460 e. The third-order valence-electron chi connectivity index (χ3n) is 6.94. The van der Waals surface area contributed by atoms with E-state index in [-0.39, 0.29) is 23.2 Å². The van der Waals surface area contributed by atoms with Crippen molar-refractivity contribution < 1.29 is 19.1 Å². The van der Waals surface area contributed by atoms with Crippen molar-refractivity contribution >= 4 is 5.97 Å². The number of carbonyl (C=O) groups is 1. The Morgan fingerprint density at radius 3 is 2.34 bits per heavy atom. The molecule has 168 valence electrons. The summed E-state index contributed by atoms with van der Waals surface area (Å²) in [7, 11) is 0. The summed E-state index contributed by atoms with van der Waals surface area (Å²) in [5.41, 5.74) is 1.98. The highest BCUT2D eigenvalue weighted by Gasteiger charge is 2.42. The first-order chi connectivity index (χ1) is 15.4. The highest BCUT2D eigenvalue weighted by molar-refractivity contribution is 5.76. The van der Waals surface area contributed by atoms with E-state index in [9.17, 15) is 9.90 Å². The molecule has 1 aliphatic carbocycles. The molecule has 0 radical (unpaired) electrons. The molecular weight excluding hydrogens is 400 g/mol. The molecule has 4 atom stereocenters. The lowest BCUT2D eigenvalue weighted by Crippen LogP contribution is -2.44. The van der Waals surface area contributed by atoms with Gasteiger partial charge in [0.05, 0.1) is 0 Å². The van der Waals surface area contributed by atoms with Crippen molar-refractivity contribution in [2.75, 3.05) is 0 Å². The van der Waals surface area contributed by atoms with Crippen LogP contribution in [0.2, 0.25) is 0 Å². The fourth-order valence-corrected chi connectivity index (χ4v) is 4.95. The predicted molar refractivity (Wildman–Crippen MR) is 125 cm³/mol. The van der Waals surface area contributed by atoms with Gasteiger partial charge in [-0.15, -0.1) is 0 Å². The molecule has 4 rings (SSSR count). The summed E-state index contributed by atoms with van der Waals surface area (Å²) in [6.45, 7) is 6.64. The molecule has 2 aromatic carbocycles. The SMILES string of the molecule is C[C@@H]1CC[C@@H](C(C)(C)c2ccccc2)[C@H](OC(=O)[C@@H](O)c2ccc(-c3ccccc3)o2)C1. The van der Waals surface area contributed by atoms with E-state index in [2.05, 4.69) is 45.0 Å². The van der Waals surface area contributed by atoms with Crippen molar-refractivity contribution in [2.24, 2.45) is 11.8 Å². The zero-order chi connectivity index (χ0) is 22.7. The Kier molecular flexibility index (Phi) is 6.52. The van der Waals surface area contributed by atoms with Crippen LogP contribution in [0, 0.1) is 11.8 Å². The number of esters is 1. The van der Waals surface area contributed by atoms with Crippen molar-refractivity contribution in [2.45, 2.75) is 57.7 Å². The maximum absolute atomic E-state index is 12.9. The number of rotatable bonds is 6. The molecule has 0 bridgehead atoms. The van der Waals surface area contributed by atoms with Gasteiger partial charge in [0.25, 0.3) is 0 Å². The molecule has 0 saturated heterocycles. The van der Waals surface area contributed by atoms with Gasteiger partial charge in [0, 0.05) is 11.5 Å². The lowest BCUT2D eigenvalue weighted by atomic mass is 9.64. The van der Waals surface area contributed by atoms with Gasteiger partial charge in [0.15, 0.2) is 0 Å². The zero-order valence-electron chi connectivity index (χ0n) is 19.0. The Labute approximate surface area is 190 Å². The number of hydrogen-bond donors (Lipinski definition) is 1. The van der Waals surface area contributed by atoms with Gasteiger partial charge < -0.3 is 14.3 Å². The first-order valence-electron chi connectivity index (χ1n) is 11.5. The number of furan rings is 1. The summed E-state index contributed by atoms with van der Waals surface area (Å²) < 4.78 is 11.7. The zero-order valence-corrected chi connectivity index (χ0v) is 19.0. The van der Waals surface area contributed by atoms with Gasteiger partial charge in [-0.1, -0.05) is 87.9 Å². The Balaban J connectivity index is 1.50. The van der Waals surface area contributed by atoms with Crippen molar-refractivity contribution in [3.63, 3.8) is 0 Å². The number of benzene rings is 2. The summed E-state index contributed by atoms with van der Waals surface area (Å²) in [5, 5.41) is 10.7. The summed E-state index contributed by atoms with van der Waals surface area (Å²) in [5.74, 6) is 0.820. The van der Waals surface area contributed by atoms with Crippen LogP contribution in [-0.4, -0.2) is 17.2 Å². The number of aliphatic hydroxyl groups is 1. The molecular formula is C28H32O4. The molecule has 1 N–H and O–H groups in total. The van der Waals surface area contributed by atoms with E-state index in [1.165, 1.54) is 5.56 Å². The fraction of sp³-hybridized carbons (Fsp3) is 0.393. The van der Waals surface area contributed by atoms with Gasteiger partial charge in [-0.25, -0.2) is 4.79 Å². The van der Waals surface area contributed by atoms with E-state index >= 15 is 0 Å². The monoisotopic (exact) mass is 432 g/mol. The lowest BCUT2D eigenvalue weighted by Gasteiger charge is -2.44. The maximum atomic E-state index is 12.9. The van der Waals surface area contributed by atoms with Crippen molar-refractivity contribution in [1.82, 2.24) is 0 Å². The normalized spacial score (nSPS) is 22.3. The molecule has 0 aliphatic heterocycles. The molecule has 4 heteroatoms. The number of carbonyl (C=O) groups excluding carboxylic acids is 1. The molecule has 1 aliphatic rings. The highest BCUT2D eigenvalue weighted by Crippen LogP contribution is 2.44. The van der Waals surface area contributed by atoms with Crippen LogP contribution in [0.5, 0.6) is 0 Å². The molecule has 4 nitrogen and oxygen atoms in total. The summed E-state index contributed by atoms with van der Waals surface area (Å²) in [6, 6.07) is 23.4. The van der Waals surface area contributed by atoms with Crippen LogP contribution < -0.4 is 0 Å². The number of aliphatic hydroxyl groups excluding tert-OH is 1. The number of ether oxygens (including phenoxy) is 1. The van der Waals surface area contributed by atoms with Crippen LogP contribution in [0.25, 0.3) is 11.3 Å². The summed E-state index contributed by atoms with van der Waals surface area (Å²) >= 11 is 0. The quantitative estimate of drug-likeness (QED) is 0.464. The highest BCUT2D eigenvalue weighted by atomic mass is 16.6. The fourth-order valence-electron chi connectivity index (χ4n) is 4.95. The van der Waals surface area contributed by atoms with Crippen LogP contribution in [-0.2, 0) is 14.9 Å². The molecule has 1 saturated carbocycles. The molecule has 0 spiro atoms. The minimum atomic E-state index is -1.44. The van der Waals surface area contributed by atoms with Gasteiger partial charge in [0.1, 0.15) is 17.6 Å². The van der Waals surface area contributed by atoms with Gasteiger partial charge in [0.2, 0.25) is 6.10 Å². The van der Waals surface area contributed by atoms with E-state index in [4.69, 9.17) is 9.15 Å². The van der Waals surface area contributed by atoms with E-state index < -0.39 is 12.1 Å². The summed E-state index contributed by atoms with van der Waals surface area (Å²) in [4.78, 5) is 12.9. The average Bonchev–Trinajstić information content (AvgIpc) is 3.30. The molecule has 0 amide bonds. The van der Waals surface area contributed by atoms with Crippen molar-refractivity contribution in [1.29, 1.82) is 0 Å². The van der Waals surface area contributed by atoms with E-state index in [1.807, 2.05) is 36.4 Å². The lowest BCUT2D eigenvalue weighted by molar-refractivity contribution is -0.167. The van der Waals surface area contributed by atoms with Gasteiger partial charge in [-0.05, 0) is 41.9 Å². The van der Waals surface area contributed by atoms with Crippen LogP contribution in [0.3, 0.4) is 0 Å². The second-order valence-electron chi connectivity index (χ2n) is 9.56. The third-order valence-corrected chi connectivity index (χ3v) is 6.94. The minimum Gasteiger partial charge on any atom is -0.460 e.